The van der Waals surface area contributed by atoms with Crippen LogP contribution >= 0.6 is 0 Å². The van der Waals surface area contributed by atoms with E-state index in [-0.39, 0.29) is 0 Å². The van der Waals surface area contributed by atoms with Gasteiger partial charge in [0.25, 0.3) is 0 Å². The summed E-state index contributed by atoms with van der Waals surface area (Å²) in [4.78, 5) is 10.2. The third kappa shape index (κ3) is 6.92. The standard InChI is InChI=1S/2C11H23N3/c2*1-13-6-8-14(9-7-13)11-4-2-10(12)3-5-11/h2*10-11H,2-9,12H2,1H3. The Morgan fingerprint density at radius 2 is 0.750 bits per heavy atom. The molecule has 2 aliphatic heterocycles. The molecule has 4 aliphatic rings. The molecule has 28 heavy (non-hydrogen) atoms. The van der Waals surface area contributed by atoms with E-state index in [1.54, 1.807) is 0 Å². The minimum atomic E-state index is 0.485. The molecule has 2 aliphatic carbocycles. The van der Waals surface area contributed by atoms with Gasteiger partial charge in [-0.15, -0.1) is 0 Å². The monoisotopic (exact) mass is 394 g/mol. The lowest BCUT2D eigenvalue weighted by Gasteiger charge is -2.40. The molecule has 2 saturated heterocycles. The zero-order chi connectivity index (χ0) is 19.9. The quantitative estimate of drug-likeness (QED) is 0.729. The van der Waals surface area contributed by atoms with Crippen LogP contribution in [0.5, 0.6) is 0 Å². The van der Waals surface area contributed by atoms with Crippen molar-refractivity contribution in [2.45, 2.75) is 75.5 Å². The highest BCUT2D eigenvalue weighted by Gasteiger charge is 2.27. The maximum Gasteiger partial charge on any atom is 0.0113 e. The average Bonchev–Trinajstić information content (AvgIpc) is 2.71. The summed E-state index contributed by atoms with van der Waals surface area (Å²) in [6.45, 7) is 10.00. The summed E-state index contributed by atoms with van der Waals surface area (Å²) >= 11 is 0. The van der Waals surface area contributed by atoms with Gasteiger partial charge in [-0.2, -0.15) is 0 Å². The molecule has 4 rings (SSSR count). The summed E-state index contributed by atoms with van der Waals surface area (Å²) < 4.78 is 0. The van der Waals surface area contributed by atoms with E-state index in [2.05, 4.69) is 33.7 Å². The van der Waals surface area contributed by atoms with Crippen molar-refractivity contribution in [1.29, 1.82) is 0 Å². The summed E-state index contributed by atoms with van der Waals surface area (Å²) in [5.41, 5.74) is 11.8. The molecule has 6 heteroatoms. The van der Waals surface area contributed by atoms with Crippen LogP contribution in [-0.4, -0.2) is 110 Å². The van der Waals surface area contributed by atoms with E-state index in [1.165, 1.54) is 104 Å². The SMILES string of the molecule is CN1CCN(C2CCC(N)CC2)CC1.CN1CCN(C2CCC(N)CC2)CC1. The number of nitrogens with zero attached hydrogens (tertiary/aromatic N) is 4. The van der Waals surface area contributed by atoms with E-state index >= 15 is 0 Å². The van der Waals surface area contributed by atoms with Crippen LogP contribution in [0.25, 0.3) is 0 Å². The van der Waals surface area contributed by atoms with E-state index in [1.807, 2.05) is 0 Å². The first kappa shape index (κ1) is 22.4. The lowest BCUT2D eigenvalue weighted by Crippen LogP contribution is -2.50. The molecule has 0 aromatic rings. The zero-order valence-electron chi connectivity index (χ0n) is 18.6. The van der Waals surface area contributed by atoms with Crippen molar-refractivity contribution in [3.8, 4) is 0 Å². The van der Waals surface area contributed by atoms with Crippen molar-refractivity contribution in [3.05, 3.63) is 0 Å². The Labute approximate surface area is 173 Å². The maximum atomic E-state index is 5.92. The zero-order valence-corrected chi connectivity index (χ0v) is 18.6. The number of piperazine rings is 2. The largest absolute Gasteiger partial charge is 0.328 e. The molecule has 0 spiro atoms. The molecule has 0 aromatic heterocycles. The highest BCUT2D eigenvalue weighted by Crippen LogP contribution is 2.23. The van der Waals surface area contributed by atoms with Gasteiger partial charge in [0.2, 0.25) is 0 Å². The van der Waals surface area contributed by atoms with E-state index in [4.69, 9.17) is 11.5 Å². The molecule has 0 unspecified atom stereocenters. The third-order valence-corrected chi connectivity index (χ3v) is 7.59. The van der Waals surface area contributed by atoms with E-state index in [9.17, 15) is 0 Å². The minimum Gasteiger partial charge on any atom is -0.328 e. The van der Waals surface area contributed by atoms with Gasteiger partial charge in [-0.05, 0) is 65.5 Å². The Morgan fingerprint density at radius 3 is 1.04 bits per heavy atom. The van der Waals surface area contributed by atoms with Gasteiger partial charge >= 0.3 is 0 Å². The van der Waals surface area contributed by atoms with Crippen LogP contribution in [0.2, 0.25) is 0 Å². The number of rotatable bonds is 2. The summed E-state index contributed by atoms with van der Waals surface area (Å²) in [6.07, 6.45) is 10.2. The summed E-state index contributed by atoms with van der Waals surface area (Å²) in [5.74, 6) is 0. The molecule has 164 valence electrons. The lowest BCUT2D eigenvalue weighted by atomic mass is 9.90. The van der Waals surface area contributed by atoms with Crippen LogP contribution in [0.1, 0.15) is 51.4 Å². The molecule has 2 saturated carbocycles. The van der Waals surface area contributed by atoms with Crippen LogP contribution in [0.4, 0.5) is 0 Å². The Balaban J connectivity index is 0.000000161. The van der Waals surface area contributed by atoms with E-state index in [0.29, 0.717) is 12.1 Å². The Bertz CT molecular complexity index is 335. The Hall–Kier alpha value is -0.240. The van der Waals surface area contributed by atoms with Crippen LogP contribution in [-0.2, 0) is 0 Å². The van der Waals surface area contributed by atoms with Crippen LogP contribution in [0, 0.1) is 0 Å². The minimum absolute atomic E-state index is 0.485. The molecular weight excluding hydrogens is 348 g/mol. The van der Waals surface area contributed by atoms with E-state index in [0.717, 1.165) is 12.1 Å². The molecule has 6 nitrogen and oxygen atoms in total. The van der Waals surface area contributed by atoms with Gasteiger partial charge in [0.15, 0.2) is 0 Å². The molecule has 0 bridgehead atoms. The topological polar surface area (TPSA) is 65.0 Å². The van der Waals surface area contributed by atoms with Crippen LogP contribution in [0.3, 0.4) is 0 Å². The second-order valence-corrected chi connectivity index (χ2v) is 9.82. The van der Waals surface area contributed by atoms with Crippen molar-refractivity contribution in [3.63, 3.8) is 0 Å². The fourth-order valence-electron chi connectivity index (χ4n) is 5.31. The predicted molar refractivity (Wildman–Crippen MR) is 119 cm³/mol. The van der Waals surface area contributed by atoms with Gasteiger partial charge in [0.05, 0.1) is 0 Å². The molecule has 4 fully saturated rings. The van der Waals surface area contributed by atoms with Gasteiger partial charge in [0.1, 0.15) is 0 Å². The molecule has 0 aromatic carbocycles. The summed E-state index contributed by atoms with van der Waals surface area (Å²) in [5, 5.41) is 0. The van der Waals surface area contributed by atoms with Crippen molar-refractivity contribution < 1.29 is 0 Å². The second-order valence-electron chi connectivity index (χ2n) is 9.82. The Kier molecular flexibility index (Phi) is 9.00. The number of nitrogens with two attached hydrogens (primary N) is 2. The second kappa shape index (κ2) is 11.2. The number of hydrogen-bond donors (Lipinski definition) is 2. The highest BCUT2D eigenvalue weighted by molar-refractivity contribution is 4.84. The third-order valence-electron chi connectivity index (χ3n) is 7.59. The first-order chi connectivity index (χ1) is 13.5. The summed E-state index contributed by atoms with van der Waals surface area (Å²) in [7, 11) is 4.43. The van der Waals surface area contributed by atoms with Crippen molar-refractivity contribution in [2.75, 3.05) is 66.5 Å². The Morgan fingerprint density at radius 1 is 0.464 bits per heavy atom. The smallest absolute Gasteiger partial charge is 0.0113 e. The molecule has 2 heterocycles. The van der Waals surface area contributed by atoms with Crippen molar-refractivity contribution in [1.82, 2.24) is 19.6 Å². The first-order valence-electron chi connectivity index (χ1n) is 11.9. The maximum absolute atomic E-state index is 5.92. The number of likely N-dealkylation sites (N-methyl/N-ethyl adjacent to an activating group) is 2. The molecule has 4 N–H and O–H groups in total. The predicted octanol–water partition coefficient (Wildman–Crippen LogP) is 1.01. The van der Waals surface area contributed by atoms with Crippen LogP contribution < -0.4 is 11.5 Å². The fourth-order valence-corrected chi connectivity index (χ4v) is 5.31. The van der Waals surface area contributed by atoms with Crippen molar-refractivity contribution >= 4 is 0 Å². The van der Waals surface area contributed by atoms with Gasteiger partial charge < -0.3 is 21.3 Å². The molecule has 0 atom stereocenters. The van der Waals surface area contributed by atoms with Crippen molar-refractivity contribution in [2.24, 2.45) is 11.5 Å². The molecular formula is C22H46N6. The first-order valence-corrected chi connectivity index (χ1v) is 11.9. The average molecular weight is 395 g/mol. The van der Waals surface area contributed by atoms with E-state index < -0.39 is 0 Å². The highest BCUT2D eigenvalue weighted by atomic mass is 15.3. The molecule has 0 radical (unpaired) electrons. The lowest BCUT2D eigenvalue weighted by molar-refractivity contribution is 0.0882. The van der Waals surface area contributed by atoms with Gasteiger partial charge in [-0.1, -0.05) is 0 Å². The normalized spacial score (nSPS) is 37.3. The number of hydrogen-bond acceptors (Lipinski definition) is 6. The fraction of sp³-hybridized carbons (Fsp3) is 1.00. The molecule has 0 amide bonds. The summed E-state index contributed by atoms with van der Waals surface area (Å²) in [6, 6.07) is 2.64. The van der Waals surface area contributed by atoms with Gasteiger partial charge in [0, 0.05) is 76.5 Å². The van der Waals surface area contributed by atoms with Gasteiger partial charge in [-0.3, -0.25) is 9.80 Å². The van der Waals surface area contributed by atoms with Gasteiger partial charge in [-0.25, -0.2) is 0 Å². The van der Waals surface area contributed by atoms with Crippen LogP contribution in [0.15, 0.2) is 0 Å².